The summed E-state index contributed by atoms with van der Waals surface area (Å²) < 4.78 is 12.5. The third kappa shape index (κ3) is 2.53. The second-order valence-corrected chi connectivity index (χ2v) is 7.26. The summed E-state index contributed by atoms with van der Waals surface area (Å²) in [4.78, 5) is 15.3. The summed E-state index contributed by atoms with van der Waals surface area (Å²) in [6.45, 7) is 9.84. The van der Waals surface area contributed by atoms with E-state index in [2.05, 4.69) is 35.2 Å². The molecule has 0 bridgehead atoms. The highest BCUT2D eigenvalue weighted by Gasteiger charge is 2.23. The fourth-order valence-electron chi connectivity index (χ4n) is 3.73. The Hall–Kier alpha value is -3.09. The van der Waals surface area contributed by atoms with E-state index in [1.54, 1.807) is 11.6 Å². The minimum absolute atomic E-state index is 0.164. The maximum atomic E-state index is 12.3. The van der Waals surface area contributed by atoms with Crippen molar-refractivity contribution in [2.75, 3.05) is 0 Å². The molecule has 140 valence electrons. The summed E-state index contributed by atoms with van der Waals surface area (Å²) in [7, 11) is 1.76. The first kappa shape index (κ1) is 17.3. The maximum absolute atomic E-state index is 12.3. The lowest BCUT2D eigenvalue weighted by atomic mass is 9.93. The molecule has 4 rings (SSSR count). The summed E-state index contributed by atoms with van der Waals surface area (Å²) in [5, 5.41) is 8.33. The summed E-state index contributed by atoms with van der Waals surface area (Å²) >= 11 is 0. The first-order chi connectivity index (χ1) is 12.8. The normalized spacial score (nSPS) is 11.8. The Bertz CT molecular complexity index is 1200. The van der Waals surface area contributed by atoms with E-state index in [1.165, 1.54) is 0 Å². The van der Waals surface area contributed by atoms with E-state index in [1.807, 2.05) is 26.8 Å². The number of nitrogens with zero attached hydrogens (tertiary/aromatic N) is 3. The average Bonchev–Trinajstić information content (AvgIpc) is 3.24. The van der Waals surface area contributed by atoms with Gasteiger partial charge < -0.3 is 14.0 Å². The first-order valence-corrected chi connectivity index (χ1v) is 8.92. The molecule has 0 saturated carbocycles. The number of aromatic amines is 1. The van der Waals surface area contributed by atoms with Gasteiger partial charge in [0, 0.05) is 23.7 Å². The fourth-order valence-corrected chi connectivity index (χ4v) is 3.73. The van der Waals surface area contributed by atoms with Crippen molar-refractivity contribution in [3.63, 3.8) is 0 Å². The number of benzene rings is 1. The number of H-pyrrole nitrogens is 1. The zero-order valence-electron chi connectivity index (χ0n) is 16.3. The topological polar surface area (TPSA) is 89.8 Å². The average molecular weight is 366 g/mol. The van der Waals surface area contributed by atoms with E-state index in [4.69, 9.17) is 9.05 Å². The van der Waals surface area contributed by atoms with Crippen LogP contribution in [0.5, 0.6) is 0 Å². The number of imidazole rings is 1. The van der Waals surface area contributed by atoms with Crippen molar-refractivity contribution >= 4 is 11.0 Å². The zero-order chi connectivity index (χ0) is 19.5. The minimum Gasteiger partial charge on any atom is -0.361 e. The van der Waals surface area contributed by atoms with E-state index in [9.17, 15) is 4.79 Å². The number of rotatable bonds is 3. The summed E-state index contributed by atoms with van der Waals surface area (Å²) in [6.07, 6.45) is 0. The van der Waals surface area contributed by atoms with E-state index < -0.39 is 0 Å². The third-order valence-corrected chi connectivity index (χ3v) is 5.02. The molecule has 0 atom stereocenters. The van der Waals surface area contributed by atoms with E-state index >= 15 is 0 Å². The van der Waals surface area contributed by atoms with Crippen LogP contribution in [-0.2, 0) is 7.05 Å². The molecule has 7 nitrogen and oxygen atoms in total. The number of aromatic nitrogens is 4. The number of aryl methyl sites for hydroxylation is 4. The van der Waals surface area contributed by atoms with Gasteiger partial charge in [-0.1, -0.05) is 24.2 Å². The van der Waals surface area contributed by atoms with Gasteiger partial charge in [0.25, 0.3) is 0 Å². The van der Waals surface area contributed by atoms with E-state index in [-0.39, 0.29) is 11.6 Å². The Balaban J connectivity index is 2.14. The highest BCUT2D eigenvalue weighted by Crippen LogP contribution is 2.39. The highest BCUT2D eigenvalue weighted by molar-refractivity contribution is 5.97. The number of nitrogens with one attached hydrogen (secondary N) is 1. The molecule has 0 saturated heterocycles. The molecular formula is C20H22N4O3. The fraction of sp³-hybridized carbons (Fsp3) is 0.350. The molecule has 1 aromatic carbocycles. The van der Waals surface area contributed by atoms with Crippen molar-refractivity contribution in [3.8, 4) is 22.3 Å². The summed E-state index contributed by atoms with van der Waals surface area (Å²) in [5.41, 5.74) is 6.80. The zero-order valence-corrected chi connectivity index (χ0v) is 16.3. The second-order valence-electron chi connectivity index (χ2n) is 7.26. The lowest BCUT2D eigenvalue weighted by molar-refractivity contribution is 0.388. The highest BCUT2D eigenvalue weighted by atomic mass is 16.5. The van der Waals surface area contributed by atoms with Gasteiger partial charge >= 0.3 is 5.69 Å². The van der Waals surface area contributed by atoms with Crippen LogP contribution < -0.4 is 5.69 Å². The monoisotopic (exact) mass is 366 g/mol. The Morgan fingerprint density at radius 1 is 1.04 bits per heavy atom. The van der Waals surface area contributed by atoms with Crippen LogP contribution >= 0.6 is 0 Å². The van der Waals surface area contributed by atoms with Crippen molar-refractivity contribution in [2.24, 2.45) is 7.05 Å². The van der Waals surface area contributed by atoms with Gasteiger partial charge in [-0.3, -0.25) is 4.57 Å². The molecule has 0 aliphatic rings. The van der Waals surface area contributed by atoms with Crippen LogP contribution in [0.2, 0.25) is 0 Å². The second kappa shape index (κ2) is 5.97. The quantitative estimate of drug-likeness (QED) is 0.586. The van der Waals surface area contributed by atoms with Crippen LogP contribution in [0.4, 0.5) is 0 Å². The minimum atomic E-state index is -0.164. The predicted octanol–water partition coefficient (Wildman–Crippen LogP) is 4.23. The van der Waals surface area contributed by atoms with Crippen molar-refractivity contribution in [3.05, 3.63) is 45.5 Å². The van der Waals surface area contributed by atoms with Crippen molar-refractivity contribution in [1.82, 2.24) is 19.9 Å². The molecule has 27 heavy (non-hydrogen) atoms. The van der Waals surface area contributed by atoms with Gasteiger partial charge in [-0.15, -0.1) is 0 Å². The maximum Gasteiger partial charge on any atom is 0.326 e. The van der Waals surface area contributed by atoms with Gasteiger partial charge in [0.05, 0.1) is 22.4 Å². The van der Waals surface area contributed by atoms with Gasteiger partial charge in [-0.05, 0) is 44.4 Å². The standard InChI is InChI=1S/C20H22N4O3/c1-9(2)18-17(12(5)27-23-18)14-7-13(16-10(3)22-26-11(16)4)8-15-19(14)24(6)20(25)21-15/h7-9H,1-6H3,(H,21,25). The molecule has 0 aliphatic heterocycles. The smallest absolute Gasteiger partial charge is 0.326 e. The first-order valence-electron chi connectivity index (χ1n) is 8.92. The van der Waals surface area contributed by atoms with Crippen molar-refractivity contribution < 1.29 is 9.05 Å². The van der Waals surface area contributed by atoms with Crippen LogP contribution in [0.25, 0.3) is 33.3 Å². The van der Waals surface area contributed by atoms with Gasteiger partial charge in [0.2, 0.25) is 0 Å². The Morgan fingerprint density at radius 2 is 1.70 bits per heavy atom. The number of hydrogen-bond donors (Lipinski definition) is 1. The lowest BCUT2D eigenvalue weighted by Gasteiger charge is -2.11. The summed E-state index contributed by atoms with van der Waals surface area (Å²) in [5.74, 6) is 1.65. The molecule has 3 aromatic heterocycles. The van der Waals surface area contributed by atoms with Crippen molar-refractivity contribution in [1.29, 1.82) is 0 Å². The molecule has 1 N–H and O–H groups in total. The van der Waals surface area contributed by atoms with Crippen molar-refractivity contribution in [2.45, 2.75) is 40.5 Å². The van der Waals surface area contributed by atoms with Crippen LogP contribution in [0, 0.1) is 20.8 Å². The SMILES string of the molecule is Cc1noc(C)c1-c1cc(-c2c(C(C)C)noc2C)c2c(c1)[nH]c(=O)n2C. The molecule has 0 fully saturated rings. The largest absolute Gasteiger partial charge is 0.361 e. The Labute approximate surface area is 156 Å². The third-order valence-electron chi connectivity index (χ3n) is 5.02. The number of hydrogen-bond acceptors (Lipinski definition) is 5. The summed E-state index contributed by atoms with van der Waals surface area (Å²) in [6, 6.07) is 4.03. The van der Waals surface area contributed by atoms with Gasteiger partial charge in [-0.2, -0.15) is 0 Å². The van der Waals surface area contributed by atoms with Crippen LogP contribution in [0.1, 0.15) is 42.7 Å². The molecule has 0 amide bonds. The molecule has 0 aliphatic carbocycles. The van der Waals surface area contributed by atoms with Crippen LogP contribution in [0.15, 0.2) is 26.0 Å². The molecule has 7 heteroatoms. The molecule has 0 unspecified atom stereocenters. The predicted molar refractivity (Wildman–Crippen MR) is 103 cm³/mol. The van der Waals surface area contributed by atoms with Gasteiger partial charge in [0.1, 0.15) is 11.5 Å². The van der Waals surface area contributed by atoms with E-state index in [0.717, 1.165) is 56.2 Å². The van der Waals surface area contributed by atoms with Gasteiger partial charge in [0.15, 0.2) is 0 Å². The van der Waals surface area contributed by atoms with Crippen LogP contribution in [-0.4, -0.2) is 19.9 Å². The molecule has 3 heterocycles. The molecular weight excluding hydrogens is 344 g/mol. The van der Waals surface area contributed by atoms with Gasteiger partial charge in [-0.25, -0.2) is 4.79 Å². The molecule has 4 aromatic rings. The Morgan fingerprint density at radius 3 is 2.33 bits per heavy atom. The lowest BCUT2D eigenvalue weighted by Crippen LogP contribution is -2.12. The Kier molecular flexibility index (Phi) is 3.83. The number of fused-ring (bicyclic) bond motifs is 1. The van der Waals surface area contributed by atoms with Crippen LogP contribution in [0.3, 0.4) is 0 Å². The molecule has 0 radical (unpaired) electrons. The molecule has 0 spiro atoms. The van der Waals surface area contributed by atoms with E-state index in [0.29, 0.717) is 0 Å².